The number of nitrogens with one attached hydrogen (secondary N) is 2. The number of carbonyl (C=O) groups excluding carboxylic acids is 1. The standard InChI is InChI=1S/C21H16FN5O2S/c1-11-16(20(30-2)25-17(23-11)12-7-9-13(22)10-8-12)19(29)27-21-24-15-6-4-3-5-14(15)18(28)26-21/h3-10H,1-2H3,(H2,24,26,27,28,29). The molecule has 0 bridgehead atoms. The summed E-state index contributed by atoms with van der Waals surface area (Å²) in [5, 5.41) is 3.52. The van der Waals surface area contributed by atoms with Gasteiger partial charge in [-0.25, -0.2) is 19.3 Å². The highest BCUT2D eigenvalue weighted by Crippen LogP contribution is 2.25. The molecule has 9 heteroatoms. The second kappa shape index (κ2) is 8.03. The zero-order valence-corrected chi connectivity index (χ0v) is 16.9. The smallest absolute Gasteiger partial charge is 0.262 e. The van der Waals surface area contributed by atoms with E-state index in [0.29, 0.717) is 33.0 Å². The minimum Gasteiger partial charge on any atom is -0.292 e. The first-order chi connectivity index (χ1) is 14.5. The summed E-state index contributed by atoms with van der Waals surface area (Å²) in [4.78, 5) is 40.9. The number of amides is 1. The normalized spacial score (nSPS) is 10.9. The van der Waals surface area contributed by atoms with E-state index in [2.05, 4.69) is 25.3 Å². The second-order valence-corrected chi connectivity index (χ2v) is 7.20. The van der Waals surface area contributed by atoms with Gasteiger partial charge in [-0.2, -0.15) is 0 Å². The molecule has 0 aliphatic carbocycles. The number of hydrogen-bond acceptors (Lipinski definition) is 6. The molecule has 0 radical (unpaired) electrons. The van der Waals surface area contributed by atoms with Crippen LogP contribution in [0.15, 0.2) is 58.4 Å². The van der Waals surface area contributed by atoms with Crippen LogP contribution in [0.4, 0.5) is 10.3 Å². The average molecular weight is 421 g/mol. The number of halogens is 1. The van der Waals surface area contributed by atoms with Crippen LogP contribution in [0.5, 0.6) is 0 Å². The van der Waals surface area contributed by atoms with Crippen molar-refractivity contribution in [1.82, 2.24) is 19.9 Å². The summed E-state index contributed by atoms with van der Waals surface area (Å²) < 4.78 is 13.2. The van der Waals surface area contributed by atoms with Gasteiger partial charge in [0.2, 0.25) is 5.95 Å². The first-order valence-corrected chi connectivity index (χ1v) is 10.2. The summed E-state index contributed by atoms with van der Waals surface area (Å²) in [6.45, 7) is 1.69. The fourth-order valence-corrected chi connectivity index (χ4v) is 3.62. The lowest BCUT2D eigenvalue weighted by Crippen LogP contribution is -2.21. The van der Waals surface area contributed by atoms with Gasteiger partial charge in [0.15, 0.2) is 5.82 Å². The van der Waals surface area contributed by atoms with Crippen molar-refractivity contribution < 1.29 is 9.18 Å². The third kappa shape index (κ3) is 3.79. The third-order valence-corrected chi connectivity index (χ3v) is 5.11. The van der Waals surface area contributed by atoms with Gasteiger partial charge in [-0.15, -0.1) is 11.8 Å². The van der Waals surface area contributed by atoms with Crippen molar-refractivity contribution in [2.45, 2.75) is 11.9 Å². The number of carbonyl (C=O) groups is 1. The first-order valence-electron chi connectivity index (χ1n) is 8.95. The zero-order chi connectivity index (χ0) is 21.3. The Balaban J connectivity index is 1.70. The average Bonchev–Trinajstić information content (AvgIpc) is 2.73. The SMILES string of the molecule is CSc1nc(-c2ccc(F)cc2)nc(C)c1C(=O)Nc1nc2ccccc2c(=O)[nH]1. The van der Waals surface area contributed by atoms with E-state index >= 15 is 0 Å². The van der Waals surface area contributed by atoms with Gasteiger partial charge >= 0.3 is 0 Å². The number of rotatable bonds is 4. The maximum absolute atomic E-state index is 13.2. The maximum atomic E-state index is 13.2. The van der Waals surface area contributed by atoms with E-state index < -0.39 is 5.91 Å². The number of hydrogen-bond donors (Lipinski definition) is 2. The number of anilines is 1. The van der Waals surface area contributed by atoms with Gasteiger partial charge in [0, 0.05) is 5.56 Å². The number of benzene rings is 2. The summed E-state index contributed by atoms with van der Waals surface area (Å²) >= 11 is 1.29. The molecule has 2 aromatic carbocycles. The number of nitrogens with zero attached hydrogens (tertiary/aromatic N) is 3. The number of aryl methyl sites for hydroxylation is 1. The minimum absolute atomic E-state index is 0.0396. The molecule has 0 atom stereocenters. The van der Waals surface area contributed by atoms with Gasteiger partial charge in [0.25, 0.3) is 11.5 Å². The molecule has 30 heavy (non-hydrogen) atoms. The van der Waals surface area contributed by atoms with Crippen molar-refractivity contribution in [2.75, 3.05) is 11.6 Å². The van der Waals surface area contributed by atoms with Gasteiger partial charge < -0.3 is 0 Å². The zero-order valence-electron chi connectivity index (χ0n) is 16.1. The molecule has 7 nitrogen and oxygen atoms in total. The van der Waals surface area contributed by atoms with Crippen LogP contribution in [0.3, 0.4) is 0 Å². The van der Waals surface area contributed by atoms with Crippen molar-refractivity contribution >= 4 is 34.5 Å². The van der Waals surface area contributed by atoms with Crippen molar-refractivity contribution in [2.24, 2.45) is 0 Å². The van der Waals surface area contributed by atoms with Crippen LogP contribution in [0.1, 0.15) is 16.1 Å². The second-order valence-electron chi connectivity index (χ2n) is 6.41. The first kappa shape index (κ1) is 19.7. The monoisotopic (exact) mass is 421 g/mol. The summed E-state index contributed by atoms with van der Waals surface area (Å²) in [6.07, 6.45) is 1.79. The Morgan fingerprint density at radius 1 is 1.07 bits per heavy atom. The van der Waals surface area contributed by atoms with E-state index in [4.69, 9.17) is 0 Å². The van der Waals surface area contributed by atoms with E-state index in [1.165, 1.54) is 23.9 Å². The highest BCUT2D eigenvalue weighted by Gasteiger charge is 2.20. The van der Waals surface area contributed by atoms with Crippen molar-refractivity contribution in [1.29, 1.82) is 0 Å². The Kier molecular flexibility index (Phi) is 5.28. The highest BCUT2D eigenvalue weighted by molar-refractivity contribution is 7.98. The molecule has 0 fully saturated rings. The number of thioether (sulfide) groups is 1. The van der Waals surface area contributed by atoms with Gasteiger partial charge in [-0.3, -0.25) is 19.9 Å². The topological polar surface area (TPSA) is 101 Å². The molecular formula is C21H16FN5O2S. The molecule has 4 aromatic rings. The largest absolute Gasteiger partial charge is 0.292 e. The van der Waals surface area contributed by atoms with Crippen LogP contribution in [-0.2, 0) is 0 Å². The molecule has 0 saturated carbocycles. The number of para-hydroxylation sites is 1. The summed E-state index contributed by atoms with van der Waals surface area (Å²) in [5.74, 6) is -0.405. The lowest BCUT2D eigenvalue weighted by atomic mass is 10.1. The fourth-order valence-electron chi connectivity index (χ4n) is 3.00. The van der Waals surface area contributed by atoms with E-state index in [-0.39, 0.29) is 22.9 Å². The maximum Gasteiger partial charge on any atom is 0.262 e. The quantitative estimate of drug-likeness (QED) is 0.384. The van der Waals surface area contributed by atoms with Crippen LogP contribution < -0.4 is 10.9 Å². The number of aromatic amines is 1. The molecule has 0 aliphatic rings. The lowest BCUT2D eigenvalue weighted by molar-refractivity contribution is 0.102. The molecule has 0 unspecified atom stereocenters. The lowest BCUT2D eigenvalue weighted by Gasteiger charge is -2.12. The summed E-state index contributed by atoms with van der Waals surface area (Å²) in [6, 6.07) is 12.7. The van der Waals surface area contributed by atoms with E-state index in [0.717, 1.165) is 0 Å². The molecule has 1 amide bonds. The minimum atomic E-state index is -0.485. The Morgan fingerprint density at radius 3 is 2.53 bits per heavy atom. The van der Waals surface area contributed by atoms with Crippen LogP contribution in [0.25, 0.3) is 22.3 Å². The van der Waals surface area contributed by atoms with E-state index in [1.54, 1.807) is 49.6 Å². The number of fused-ring (bicyclic) bond motifs is 1. The molecule has 2 aromatic heterocycles. The Hall–Kier alpha value is -3.59. The summed E-state index contributed by atoms with van der Waals surface area (Å²) in [5.41, 5.74) is 1.50. The van der Waals surface area contributed by atoms with E-state index in [9.17, 15) is 14.0 Å². The van der Waals surface area contributed by atoms with Crippen LogP contribution in [0, 0.1) is 12.7 Å². The molecule has 2 N–H and O–H groups in total. The molecular weight excluding hydrogens is 405 g/mol. The van der Waals surface area contributed by atoms with Crippen molar-refractivity contribution in [3.05, 3.63) is 76.0 Å². The van der Waals surface area contributed by atoms with Gasteiger partial charge in [0.05, 0.1) is 22.2 Å². The summed E-state index contributed by atoms with van der Waals surface area (Å²) in [7, 11) is 0. The van der Waals surface area contributed by atoms with Crippen molar-refractivity contribution in [3.63, 3.8) is 0 Å². The highest BCUT2D eigenvalue weighted by atomic mass is 32.2. The number of H-pyrrole nitrogens is 1. The van der Waals surface area contributed by atoms with E-state index in [1.807, 2.05) is 0 Å². The Labute approximate surface area is 174 Å². The molecule has 4 rings (SSSR count). The predicted molar refractivity (Wildman–Crippen MR) is 114 cm³/mol. The molecule has 0 saturated heterocycles. The van der Waals surface area contributed by atoms with Crippen molar-refractivity contribution in [3.8, 4) is 11.4 Å². The number of aromatic nitrogens is 4. The molecule has 2 heterocycles. The van der Waals surface area contributed by atoms with Gasteiger partial charge in [0.1, 0.15) is 10.8 Å². The Morgan fingerprint density at radius 2 is 1.80 bits per heavy atom. The Bertz CT molecular complexity index is 1320. The molecule has 0 aliphatic heterocycles. The van der Waals surface area contributed by atoms with Crippen LogP contribution in [-0.4, -0.2) is 32.1 Å². The van der Waals surface area contributed by atoms with Gasteiger partial charge in [-0.1, -0.05) is 12.1 Å². The fraction of sp³-hybridized carbons (Fsp3) is 0.0952. The van der Waals surface area contributed by atoms with Gasteiger partial charge in [-0.05, 0) is 49.6 Å². The van der Waals surface area contributed by atoms with Crippen LogP contribution in [0.2, 0.25) is 0 Å². The third-order valence-electron chi connectivity index (χ3n) is 4.42. The molecule has 150 valence electrons. The molecule has 0 spiro atoms. The predicted octanol–water partition coefficient (Wildman–Crippen LogP) is 3.80. The van der Waals surface area contributed by atoms with Crippen LogP contribution >= 0.6 is 11.8 Å².